The predicted molar refractivity (Wildman–Crippen MR) is 130 cm³/mol. The first kappa shape index (κ1) is 21.8. The molecule has 7 heteroatoms. The summed E-state index contributed by atoms with van der Waals surface area (Å²) in [7, 11) is 1.71. The maximum Gasteiger partial charge on any atom is 0.253 e. The van der Waals surface area contributed by atoms with E-state index in [-0.39, 0.29) is 17.9 Å². The molecule has 7 nitrogen and oxygen atoms in total. The standard InChI is InChI=1S/C26H31N5O2/c1-3-20-21(14-17-6-4-10-28-24(17)20)25-29-22-15-18(8-9-23(22)31(25)12-13-33-2)26(32)30-11-5-7-19(27)16-30/h4,6,8-10,14-15,19-20H,3,5,7,11-13,16,27H2,1-2H3/t19-,20?/m1/s1. The van der Waals surface area contributed by atoms with E-state index in [0.717, 1.165) is 53.9 Å². The largest absolute Gasteiger partial charge is 0.383 e. The van der Waals surface area contributed by atoms with Crippen molar-refractivity contribution in [1.82, 2.24) is 19.4 Å². The van der Waals surface area contributed by atoms with Gasteiger partial charge in [0.05, 0.1) is 23.3 Å². The molecule has 5 rings (SSSR count). The topological polar surface area (TPSA) is 86.3 Å². The molecule has 2 N–H and O–H groups in total. The minimum absolute atomic E-state index is 0.0307. The molecule has 3 heterocycles. The van der Waals surface area contributed by atoms with Crippen molar-refractivity contribution < 1.29 is 9.53 Å². The van der Waals surface area contributed by atoms with Crippen LogP contribution in [0.1, 0.15) is 59.5 Å². The number of imidazole rings is 1. The summed E-state index contributed by atoms with van der Waals surface area (Å²) in [6.07, 6.45) is 6.94. The molecule has 0 spiro atoms. The first-order chi connectivity index (χ1) is 16.1. The molecule has 33 heavy (non-hydrogen) atoms. The second-order valence-electron chi connectivity index (χ2n) is 8.98. The van der Waals surface area contributed by atoms with Crippen LogP contribution in [0.15, 0.2) is 36.5 Å². The Kier molecular flexibility index (Phi) is 6.00. The molecule has 172 valence electrons. The van der Waals surface area contributed by atoms with Gasteiger partial charge in [-0.3, -0.25) is 9.78 Å². The molecule has 2 atom stereocenters. The quantitative estimate of drug-likeness (QED) is 0.625. The van der Waals surface area contributed by atoms with E-state index < -0.39 is 0 Å². The molecule has 0 bridgehead atoms. The van der Waals surface area contributed by atoms with Crippen LogP contribution in [0, 0.1) is 0 Å². The van der Waals surface area contributed by atoms with Crippen LogP contribution in [-0.4, -0.2) is 58.2 Å². The zero-order chi connectivity index (χ0) is 22.9. The number of methoxy groups -OCH3 is 1. The molecule has 2 aliphatic rings. The van der Waals surface area contributed by atoms with Crippen LogP contribution in [0.3, 0.4) is 0 Å². The molecule has 1 aromatic carbocycles. The van der Waals surface area contributed by atoms with Gasteiger partial charge < -0.3 is 19.9 Å². The minimum Gasteiger partial charge on any atom is -0.383 e. The van der Waals surface area contributed by atoms with Gasteiger partial charge in [0.2, 0.25) is 0 Å². The summed E-state index contributed by atoms with van der Waals surface area (Å²) < 4.78 is 7.61. The second-order valence-corrected chi connectivity index (χ2v) is 8.98. The Morgan fingerprint density at radius 3 is 2.97 bits per heavy atom. The summed E-state index contributed by atoms with van der Waals surface area (Å²) >= 11 is 0. The van der Waals surface area contributed by atoms with Crippen molar-refractivity contribution in [3.05, 3.63) is 59.2 Å². The van der Waals surface area contributed by atoms with E-state index in [1.165, 1.54) is 5.57 Å². The van der Waals surface area contributed by atoms with Gasteiger partial charge in [0.1, 0.15) is 5.82 Å². The van der Waals surface area contributed by atoms with Gasteiger partial charge in [-0.1, -0.05) is 13.0 Å². The van der Waals surface area contributed by atoms with Gasteiger partial charge in [-0.05, 0) is 55.2 Å². The van der Waals surface area contributed by atoms with E-state index in [0.29, 0.717) is 25.3 Å². The number of carbonyl (C=O) groups excluding carboxylic acids is 1. The molecule has 2 aromatic heterocycles. The van der Waals surface area contributed by atoms with Crippen molar-refractivity contribution in [3.8, 4) is 0 Å². The van der Waals surface area contributed by atoms with Crippen molar-refractivity contribution >= 4 is 28.6 Å². The number of likely N-dealkylation sites (tertiary alicyclic amines) is 1. The molecule has 1 fully saturated rings. The van der Waals surface area contributed by atoms with Crippen molar-refractivity contribution in [2.24, 2.45) is 5.73 Å². The number of fused-ring (bicyclic) bond motifs is 2. The van der Waals surface area contributed by atoms with Gasteiger partial charge in [0.25, 0.3) is 5.91 Å². The van der Waals surface area contributed by atoms with Crippen LogP contribution in [0.4, 0.5) is 0 Å². The summed E-state index contributed by atoms with van der Waals surface area (Å²) in [6, 6.07) is 9.99. The maximum atomic E-state index is 13.2. The maximum absolute atomic E-state index is 13.2. The van der Waals surface area contributed by atoms with E-state index in [9.17, 15) is 4.79 Å². The Balaban J connectivity index is 1.56. The first-order valence-electron chi connectivity index (χ1n) is 11.8. The van der Waals surface area contributed by atoms with E-state index in [2.05, 4.69) is 28.6 Å². The number of aromatic nitrogens is 3. The highest BCUT2D eigenvalue weighted by atomic mass is 16.5. The zero-order valence-corrected chi connectivity index (χ0v) is 19.3. The number of nitrogens with two attached hydrogens (primary N) is 1. The van der Waals surface area contributed by atoms with Crippen molar-refractivity contribution in [2.45, 2.75) is 44.7 Å². The van der Waals surface area contributed by atoms with Crippen LogP contribution >= 0.6 is 0 Å². The lowest BCUT2D eigenvalue weighted by atomic mass is 9.96. The third-order valence-electron chi connectivity index (χ3n) is 6.81. The SMILES string of the molecule is CCC1C(c2nc3cc(C(=O)N4CCC[C@@H](N)C4)ccc3n2CCOC)=Cc2cccnc21. The highest BCUT2D eigenvalue weighted by Crippen LogP contribution is 2.43. The van der Waals surface area contributed by atoms with Crippen LogP contribution in [0.5, 0.6) is 0 Å². The number of ether oxygens (including phenoxy) is 1. The van der Waals surface area contributed by atoms with E-state index >= 15 is 0 Å². The van der Waals surface area contributed by atoms with Gasteiger partial charge in [-0.2, -0.15) is 0 Å². The lowest BCUT2D eigenvalue weighted by molar-refractivity contribution is 0.0709. The molecule has 0 radical (unpaired) electrons. The third kappa shape index (κ3) is 3.96. The molecular formula is C26H31N5O2. The van der Waals surface area contributed by atoms with Crippen LogP contribution in [0.2, 0.25) is 0 Å². The number of hydrogen-bond acceptors (Lipinski definition) is 5. The number of piperidine rings is 1. The van der Waals surface area contributed by atoms with Gasteiger partial charge in [-0.15, -0.1) is 0 Å². The number of carbonyl (C=O) groups is 1. The molecule has 0 saturated carbocycles. The Hall–Kier alpha value is -3.03. The van der Waals surface area contributed by atoms with Crippen LogP contribution < -0.4 is 5.73 Å². The first-order valence-corrected chi connectivity index (χ1v) is 11.8. The molecule has 1 saturated heterocycles. The van der Waals surface area contributed by atoms with Gasteiger partial charge in [-0.25, -0.2) is 4.98 Å². The number of rotatable bonds is 6. The monoisotopic (exact) mass is 445 g/mol. The van der Waals surface area contributed by atoms with Crippen molar-refractivity contribution in [3.63, 3.8) is 0 Å². The fraction of sp³-hybridized carbons (Fsp3) is 0.423. The minimum atomic E-state index is 0.0307. The summed E-state index contributed by atoms with van der Waals surface area (Å²) in [6.45, 7) is 4.83. The number of benzene rings is 1. The Morgan fingerprint density at radius 1 is 1.30 bits per heavy atom. The number of hydrogen-bond donors (Lipinski definition) is 1. The van der Waals surface area contributed by atoms with Gasteiger partial charge in [0, 0.05) is 56.0 Å². The summed E-state index contributed by atoms with van der Waals surface area (Å²) in [5.41, 5.74) is 12.0. The normalized spacial score (nSPS) is 20.2. The smallest absolute Gasteiger partial charge is 0.253 e. The van der Waals surface area contributed by atoms with Crippen molar-refractivity contribution in [2.75, 3.05) is 26.8 Å². The lowest BCUT2D eigenvalue weighted by Crippen LogP contribution is -2.45. The van der Waals surface area contributed by atoms with E-state index in [4.69, 9.17) is 15.5 Å². The molecule has 1 unspecified atom stereocenters. The number of allylic oxidation sites excluding steroid dienone is 1. The number of amides is 1. The second kappa shape index (κ2) is 9.08. The summed E-state index contributed by atoms with van der Waals surface area (Å²) in [5.74, 6) is 1.16. The predicted octanol–water partition coefficient (Wildman–Crippen LogP) is 3.69. The van der Waals surface area contributed by atoms with Crippen molar-refractivity contribution in [1.29, 1.82) is 0 Å². The van der Waals surface area contributed by atoms with Crippen LogP contribution in [0.25, 0.3) is 22.7 Å². The third-order valence-corrected chi connectivity index (χ3v) is 6.81. The van der Waals surface area contributed by atoms with Gasteiger partial charge >= 0.3 is 0 Å². The van der Waals surface area contributed by atoms with E-state index in [1.807, 2.05) is 35.4 Å². The molecular weight excluding hydrogens is 414 g/mol. The number of pyridine rings is 1. The highest BCUT2D eigenvalue weighted by Gasteiger charge is 2.30. The summed E-state index contributed by atoms with van der Waals surface area (Å²) in [5, 5.41) is 0. The molecule has 1 aliphatic heterocycles. The van der Waals surface area contributed by atoms with Crippen LogP contribution in [-0.2, 0) is 11.3 Å². The summed E-state index contributed by atoms with van der Waals surface area (Å²) in [4.78, 5) is 24.7. The van der Waals surface area contributed by atoms with E-state index in [1.54, 1.807) is 7.11 Å². The number of nitrogens with zero attached hydrogens (tertiary/aromatic N) is 4. The molecule has 1 amide bonds. The fourth-order valence-corrected chi connectivity index (χ4v) is 5.16. The fourth-order valence-electron chi connectivity index (χ4n) is 5.16. The average Bonchev–Trinajstić information content (AvgIpc) is 3.39. The Labute approximate surface area is 194 Å². The molecule has 3 aromatic rings. The van der Waals surface area contributed by atoms with Gasteiger partial charge in [0.15, 0.2) is 0 Å². The molecule has 1 aliphatic carbocycles. The zero-order valence-electron chi connectivity index (χ0n) is 19.3. The lowest BCUT2D eigenvalue weighted by Gasteiger charge is -2.30. The Morgan fingerprint density at radius 2 is 2.18 bits per heavy atom. The average molecular weight is 446 g/mol. The highest BCUT2D eigenvalue weighted by molar-refractivity contribution is 5.98. The Bertz CT molecular complexity index is 1210.